The van der Waals surface area contributed by atoms with E-state index in [1.165, 1.54) is 19.1 Å². The van der Waals surface area contributed by atoms with E-state index in [2.05, 4.69) is 16.9 Å². The highest BCUT2D eigenvalue weighted by Gasteiger charge is 2.23. The Labute approximate surface area is 171 Å². The predicted molar refractivity (Wildman–Crippen MR) is 110 cm³/mol. The first kappa shape index (κ1) is 19.4. The minimum atomic E-state index is -0.552. The fourth-order valence-electron chi connectivity index (χ4n) is 3.60. The molecule has 0 aliphatic heterocycles. The SMILES string of the molecule is COc1cc(OC)cc(C(=O)OCc2nc3sc4c(c3c(=O)[nH]2)CC[C@@H](C)C4)c1. The fourth-order valence-corrected chi connectivity index (χ4v) is 5.01. The standard InChI is InChI=1S/C21H22N2O5S/c1-11-4-5-15-16(6-11)29-20-18(15)19(24)22-17(23-20)10-28-21(25)12-7-13(26-2)9-14(8-12)27-3/h7-9,11H,4-6,10H2,1-3H3,(H,22,23,24)/t11-/m1/s1. The molecule has 0 saturated carbocycles. The monoisotopic (exact) mass is 414 g/mol. The summed E-state index contributed by atoms with van der Waals surface area (Å²) >= 11 is 1.57. The van der Waals surface area contributed by atoms with Crippen LogP contribution in [0, 0.1) is 5.92 Å². The number of nitrogens with zero attached hydrogens (tertiary/aromatic N) is 1. The Balaban J connectivity index is 1.56. The molecular weight excluding hydrogens is 392 g/mol. The number of hydrogen-bond donors (Lipinski definition) is 1. The number of esters is 1. The lowest BCUT2D eigenvalue weighted by atomic mass is 9.89. The van der Waals surface area contributed by atoms with Gasteiger partial charge in [0.25, 0.3) is 5.56 Å². The normalized spacial score (nSPS) is 15.8. The van der Waals surface area contributed by atoms with E-state index in [0.29, 0.717) is 39.0 Å². The molecule has 0 saturated heterocycles. The van der Waals surface area contributed by atoms with Crippen LogP contribution in [0.4, 0.5) is 0 Å². The summed E-state index contributed by atoms with van der Waals surface area (Å²) in [6, 6.07) is 4.81. The van der Waals surface area contributed by atoms with Gasteiger partial charge in [0.2, 0.25) is 0 Å². The van der Waals surface area contributed by atoms with Crippen LogP contribution in [0.15, 0.2) is 23.0 Å². The van der Waals surface area contributed by atoms with Crippen molar-refractivity contribution in [2.75, 3.05) is 14.2 Å². The average Bonchev–Trinajstić information content (AvgIpc) is 3.09. The van der Waals surface area contributed by atoms with Crippen molar-refractivity contribution >= 4 is 27.5 Å². The lowest BCUT2D eigenvalue weighted by Crippen LogP contribution is -2.16. The molecular formula is C21H22N2O5S. The Morgan fingerprint density at radius 1 is 1.24 bits per heavy atom. The lowest BCUT2D eigenvalue weighted by molar-refractivity contribution is 0.0461. The predicted octanol–water partition coefficient (Wildman–Crippen LogP) is 3.48. The fraction of sp³-hybridized carbons (Fsp3) is 0.381. The van der Waals surface area contributed by atoms with Crippen molar-refractivity contribution in [2.45, 2.75) is 32.8 Å². The zero-order chi connectivity index (χ0) is 20.5. The second-order valence-corrected chi connectivity index (χ2v) is 8.31. The third-order valence-corrected chi connectivity index (χ3v) is 6.29. The number of aromatic amines is 1. The number of aryl methyl sites for hydroxylation is 1. The van der Waals surface area contributed by atoms with Crippen molar-refractivity contribution < 1.29 is 19.0 Å². The number of nitrogens with one attached hydrogen (secondary N) is 1. The van der Waals surface area contributed by atoms with Crippen LogP contribution >= 0.6 is 11.3 Å². The molecule has 0 bridgehead atoms. The van der Waals surface area contributed by atoms with Gasteiger partial charge in [-0.1, -0.05) is 6.92 Å². The average molecular weight is 414 g/mol. The second-order valence-electron chi connectivity index (χ2n) is 7.22. The minimum Gasteiger partial charge on any atom is -0.497 e. The van der Waals surface area contributed by atoms with Crippen LogP contribution in [-0.4, -0.2) is 30.2 Å². The first-order valence-electron chi connectivity index (χ1n) is 9.42. The number of methoxy groups -OCH3 is 2. The van der Waals surface area contributed by atoms with Crippen LogP contribution in [-0.2, 0) is 24.2 Å². The van der Waals surface area contributed by atoms with Gasteiger partial charge in [0.15, 0.2) is 0 Å². The molecule has 7 nitrogen and oxygen atoms in total. The molecule has 1 atom stereocenters. The van der Waals surface area contributed by atoms with Crippen molar-refractivity contribution in [3.05, 3.63) is 50.4 Å². The molecule has 0 amide bonds. The maximum Gasteiger partial charge on any atom is 0.338 e. The molecule has 0 radical (unpaired) electrons. The van der Waals surface area contributed by atoms with Gasteiger partial charge in [-0.05, 0) is 42.9 Å². The number of carbonyl (C=O) groups excluding carboxylic acids is 1. The number of H-pyrrole nitrogens is 1. The van der Waals surface area contributed by atoms with Crippen LogP contribution in [0.3, 0.4) is 0 Å². The summed E-state index contributed by atoms with van der Waals surface area (Å²) in [5.41, 5.74) is 1.25. The van der Waals surface area contributed by atoms with Gasteiger partial charge in [0, 0.05) is 10.9 Å². The molecule has 29 heavy (non-hydrogen) atoms. The zero-order valence-corrected chi connectivity index (χ0v) is 17.4. The quantitative estimate of drug-likeness (QED) is 0.643. The number of rotatable bonds is 5. The zero-order valence-electron chi connectivity index (χ0n) is 16.5. The van der Waals surface area contributed by atoms with Crippen molar-refractivity contribution in [1.82, 2.24) is 9.97 Å². The maximum atomic E-state index is 12.6. The van der Waals surface area contributed by atoms with Crippen molar-refractivity contribution in [3.8, 4) is 11.5 Å². The Morgan fingerprint density at radius 3 is 2.66 bits per heavy atom. The van der Waals surface area contributed by atoms with Gasteiger partial charge < -0.3 is 19.2 Å². The molecule has 2 aromatic heterocycles. The summed E-state index contributed by atoms with van der Waals surface area (Å²) in [6.07, 6.45) is 2.98. The van der Waals surface area contributed by atoms with Crippen LogP contribution < -0.4 is 15.0 Å². The smallest absolute Gasteiger partial charge is 0.338 e. The van der Waals surface area contributed by atoms with Gasteiger partial charge in [-0.2, -0.15) is 0 Å². The van der Waals surface area contributed by atoms with E-state index < -0.39 is 5.97 Å². The van der Waals surface area contributed by atoms with Gasteiger partial charge in [-0.15, -0.1) is 11.3 Å². The Bertz CT molecular complexity index is 1110. The molecule has 4 rings (SSSR count). The topological polar surface area (TPSA) is 90.5 Å². The molecule has 0 fully saturated rings. The highest BCUT2D eigenvalue weighted by Crippen LogP contribution is 2.35. The van der Waals surface area contributed by atoms with E-state index in [4.69, 9.17) is 14.2 Å². The summed E-state index contributed by atoms with van der Waals surface area (Å²) in [5, 5.41) is 0.685. The summed E-state index contributed by atoms with van der Waals surface area (Å²) < 4.78 is 15.7. The van der Waals surface area contributed by atoms with Gasteiger partial charge in [0.05, 0.1) is 25.2 Å². The van der Waals surface area contributed by atoms with Crippen molar-refractivity contribution in [3.63, 3.8) is 0 Å². The molecule has 152 valence electrons. The van der Waals surface area contributed by atoms with Gasteiger partial charge >= 0.3 is 5.97 Å². The van der Waals surface area contributed by atoms with Crippen LogP contribution in [0.2, 0.25) is 0 Å². The molecule has 1 aliphatic carbocycles. The van der Waals surface area contributed by atoms with Gasteiger partial charge in [-0.3, -0.25) is 4.79 Å². The van der Waals surface area contributed by atoms with Crippen LogP contribution in [0.1, 0.15) is 40.0 Å². The molecule has 1 aliphatic rings. The third-order valence-electron chi connectivity index (χ3n) is 5.14. The summed E-state index contributed by atoms with van der Waals surface area (Å²) in [6.45, 7) is 2.10. The van der Waals surface area contributed by atoms with Crippen molar-refractivity contribution in [1.29, 1.82) is 0 Å². The number of ether oxygens (including phenoxy) is 3. The molecule has 8 heteroatoms. The molecule has 3 aromatic rings. The first-order chi connectivity index (χ1) is 14.0. The molecule has 2 heterocycles. The van der Waals surface area contributed by atoms with Crippen LogP contribution in [0.25, 0.3) is 10.2 Å². The third kappa shape index (κ3) is 3.85. The molecule has 0 unspecified atom stereocenters. The first-order valence-corrected chi connectivity index (χ1v) is 10.2. The van der Waals surface area contributed by atoms with Gasteiger partial charge in [-0.25, -0.2) is 9.78 Å². The largest absolute Gasteiger partial charge is 0.497 e. The molecule has 0 spiro atoms. The minimum absolute atomic E-state index is 0.123. The summed E-state index contributed by atoms with van der Waals surface area (Å²) in [5.74, 6) is 1.38. The van der Waals surface area contributed by atoms with E-state index >= 15 is 0 Å². The Morgan fingerprint density at radius 2 is 1.97 bits per heavy atom. The van der Waals surface area contributed by atoms with E-state index in [1.807, 2.05) is 0 Å². The number of fused-ring (bicyclic) bond motifs is 3. The van der Waals surface area contributed by atoms with Crippen molar-refractivity contribution in [2.24, 2.45) is 5.92 Å². The highest BCUT2D eigenvalue weighted by molar-refractivity contribution is 7.18. The Hall–Kier alpha value is -2.87. The van der Waals surface area contributed by atoms with Gasteiger partial charge in [0.1, 0.15) is 28.8 Å². The van der Waals surface area contributed by atoms with E-state index in [-0.39, 0.29) is 12.2 Å². The number of hydrogen-bond acceptors (Lipinski definition) is 7. The van der Waals surface area contributed by atoms with Crippen LogP contribution in [0.5, 0.6) is 11.5 Å². The summed E-state index contributed by atoms with van der Waals surface area (Å²) in [4.78, 5) is 34.3. The molecule has 1 N–H and O–H groups in total. The van der Waals surface area contributed by atoms with E-state index in [0.717, 1.165) is 24.8 Å². The van der Waals surface area contributed by atoms with E-state index in [9.17, 15) is 9.59 Å². The highest BCUT2D eigenvalue weighted by atomic mass is 32.1. The number of aromatic nitrogens is 2. The number of thiophene rings is 1. The maximum absolute atomic E-state index is 12.6. The summed E-state index contributed by atoms with van der Waals surface area (Å²) in [7, 11) is 3.02. The Kier molecular flexibility index (Phi) is 5.27. The molecule has 1 aromatic carbocycles. The number of benzene rings is 1. The second kappa shape index (κ2) is 7.87. The lowest BCUT2D eigenvalue weighted by Gasteiger charge is -2.17. The number of carbonyl (C=O) groups is 1. The van der Waals surface area contributed by atoms with E-state index in [1.54, 1.807) is 29.5 Å².